The molecule has 154 valence electrons. The molecule has 29 heavy (non-hydrogen) atoms. The number of hydrogen-bond donors (Lipinski definition) is 0. The van der Waals surface area contributed by atoms with E-state index in [1.54, 1.807) is 52.0 Å². The summed E-state index contributed by atoms with van der Waals surface area (Å²) in [5.41, 5.74) is 3.68. The van der Waals surface area contributed by atoms with Gasteiger partial charge in [0.2, 0.25) is 0 Å². The molecule has 0 aliphatic rings. The minimum Gasteiger partial charge on any atom is -0.375 e. The standard InChI is InChI=1S/C22H24O7/c1-6-25-13-18(26-28-21(23)19-14(2)9-7-10-15(19)3)27-29-22(24)20-16(4)11-8-12-17(20)5/h7-12H,1,6,13H2,2-5H3. The van der Waals surface area contributed by atoms with E-state index in [1.165, 1.54) is 0 Å². The van der Waals surface area contributed by atoms with Gasteiger partial charge < -0.3 is 4.74 Å². The minimum atomic E-state index is -0.711. The molecule has 0 atom stereocenters. The second-order valence-electron chi connectivity index (χ2n) is 6.37. The van der Waals surface area contributed by atoms with Crippen molar-refractivity contribution in [2.75, 3.05) is 13.2 Å². The second-order valence-corrected chi connectivity index (χ2v) is 6.37. The summed E-state index contributed by atoms with van der Waals surface area (Å²) < 4.78 is 5.09. The van der Waals surface area contributed by atoms with Gasteiger partial charge >= 0.3 is 18.2 Å². The molecule has 7 heteroatoms. The van der Waals surface area contributed by atoms with E-state index in [1.807, 2.05) is 12.1 Å². The Morgan fingerprint density at radius 2 is 1.10 bits per heavy atom. The Hall–Kier alpha value is -2.74. The Morgan fingerprint density at radius 3 is 1.45 bits per heavy atom. The van der Waals surface area contributed by atoms with Gasteiger partial charge in [0.25, 0.3) is 0 Å². The number of rotatable bonds is 9. The van der Waals surface area contributed by atoms with E-state index in [0.29, 0.717) is 11.1 Å². The van der Waals surface area contributed by atoms with Crippen molar-refractivity contribution in [1.82, 2.24) is 0 Å². The normalized spacial score (nSPS) is 10.8. The van der Waals surface area contributed by atoms with Crippen LogP contribution < -0.4 is 0 Å². The van der Waals surface area contributed by atoms with Gasteiger partial charge in [0.15, 0.2) is 0 Å². The highest BCUT2D eigenvalue weighted by Crippen LogP contribution is 2.18. The van der Waals surface area contributed by atoms with E-state index in [-0.39, 0.29) is 19.5 Å². The van der Waals surface area contributed by atoms with Gasteiger partial charge in [0.05, 0.1) is 11.1 Å². The number of carbonyl (C=O) groups is 2. The SMILES string of the molecule is [CH2]COC[C](OOC(=O)c1c(C)cccc1C)OOC(=O)c1c(C)cccc1C. The van der Waals surface area contributed by atoms with Crippen molar-refractivity contribution in [3.63, 3.8) is 0 Å². The molecule has 0 spiro atoms. The molecular formula is C22H24O7. The lowest BCUT2D eigenvalue weighted by molar-refractivity contribution is -0.368. The van der Waals surface area contributed by atoms with E-state index in [9.17, 15) is 9.59 Å². The zero-order valence-electron chi connectivity index (χ0n) is 16.9. The van der Waals surface area contributed by atoms with Gasteiger partial charge in [-0.3, -0.25) is 9.78 Å². The maximum atomic E-state index is 12.3. The van der Waals surface area contributed by atoms with Gasteiger partial charge in [-0.2, -0.15) is 0 Å². The van der Waals surface area contributed by atoms with Crippen LogP contribution in [0.25, 0.3) is 0 Å². The minimum absolute atomic E-state index is 0.103. The first-order valence-electron chi connectivity index (χ1n) is 8.98. The maximum Gasteiger partial charge on any atom is 0.373 e. The largest absolute Gasteiger partial charge is 0.375 e. The van der Waals surface area contributed by atoms with Crippen molar-refractivity contribution in [1.29, 1.82) is 0 Å². The number of benzene rings is 2. The first-order valence-corrected chi connectivity index (χ1v) is 8.98. The summed E-state index contributed by atoms with van der Waals surface area (Å²) in [5.74, 6) is -1.42. The monoisotopic (exact) mass is 400 g/mol. The summed E-state index contributed by atoms with van der Waals surface area (Å²) in [6.07, 6.45) is -0.354. The summed E-state index contributed by atoms with van der Waals surface area (Å²) in [6, 6.07) is 10.8. The summed E-state index contributed by atoms with van der Waals surface area (Å²) in [5, 5.41) is 0. The van der Waals surface area contributed by atoms with Gasteiger partial charge in [-0.25, -0.2) is 9.59 Å². The first-order chi connectivity index (χ1) is 13.8. The molecule has 2 aromatic rings. The fourth-order valence-electron chi connectivity index (χ4n) is 2.74. The highest BCUT2D eigenvalue weighted by molar-refractivity contribution is 5.92. The van der Waals surface area contributed by atoms with Crippen LogP contribution in [0.2, 0.25) is 0 Å². The Bertz CT molecular complexity index is 752. The highest BCUT2D eigenvalue weighted by atomic mass is 17.3. The van der Waals surface area contributed by atoms with E-state index in [0.717, 1.165) is 22.3 Å². The third-order valence-corrected chi connectivity index (χ3v) is 4.16. The molecule has 2 radical (unpaired) electrons. The van der Waals surface area contributed by atoms with E-state index < -0.39 is 11.9 Å². The Kier molecular flexibility index (Phi) is 8.33. The maximum absolute atomic E-state index is 12.3. The lowest BCUT2D eigenvalue weighted by atomic mass is 10.0. The number of hydrogen-bond acceptors (Lipinski definition) is 7. The predicted octanol–water partition coefficient (Wildman–Crippen LogP) is 4.14. The van der Waals surface area contributed by atoms with Crippen molar-refractivity contribution < 1.29 is 33.9 Å². The summed E-state index contributed by atoms with van der Waals surface area (Å²) >= 11 is 0. The molecule has 0 aliphatic carbocycles. The average molecular weight is 400 g/mol. The second kappa shape index (κ2) is 10.7. The van der Waals surface area contributed by atoms with Crippen LogP contribution in [0.5, 0.6) is 0 Å². The Labute approximate surface area is 170 Å². The lowest BCUT2D eigenvalue weighted by Crippen LogP contribution is -2.21. The van der Waals surface area contributed by atoms with Gasteiger partial charge in [0.1, 0.15) is 6.61 Å². The van der Waals surface area contributed by atoms with Crippen LogP contribution in [0.4, 0.5) is 0 Å². The van der Waals surface area contributed by atoms with Crippen molar-refractivity contribution in [3.05, 3.63) is 83.0 Å². The average Bonchev–Trinajstić information content (AvgIpc) is 2.67. The van der Waals surface area contributed by atoms with Crippen LogP contribution in [0.1, 0.15) is 43.0 Å². The molecule has 0 bridgehead atoms. The van der Waals surface area contributed by atoms with E-state index >= 15 is 0 Å². The van der Waals surface area contributed by atoms with Crippen molar-refractivity contribution in [2.24, 2.45) is 0 Å². The smallest absolute Gasteiger partial charge is 0.373 e. The summed E-state index contributed by atoms with van der Waals surface area (Å²) in [4.78, 5) is 44.2. The first kappa shape index (κ1) is 22.5. The van der Waals surface area contributed by atoms with Crippen molar-refractivity contribution in [3.8, 4) is 0 Å². The summed E-state index contributed by atoms with van der Waals surface area (Å²) in [6.45, 7) is 10.5. The molecule has 0 aromatic heterocycles. The molecule has 0 saturated heterocycles. The van der Waals surface area contributed by atoms with Crippen molar-refractivity contribution in [2.45, 2.75) is 27.7 Å². The van der Waals surface area contributed by atoms with Gasteiger partial charge in [-0.1, -0.05) is 36.4 Å². The Morgan fingerprint density at radius 1 is 0.724 bits per heavy atom. The van der Waals surface area contributed by atoms with Crippen LogP contribution in [0.15, 0.2) is 36.4 Å². The van der Waals surface area contributed by atoms with Crippen LogP contribution in [0.3, 0.4) is 0 Å². The fraction of sp³-hybridized carbons (Fsp3) is 0.273. The fourth-order valence-corrected chi connectivity index (χ4v) is 2.74. The zero-order chi connectivity index (χ0) is 21.4. The number of ether oxygens (including phenoxy) is 1. The molecule has 2 rings (SSSR count). The number of aryl methyl sites for hydroxylation is 4. The molecule has 2 aromatic carbocycles. The molecule has 0 amide bonds. The topological polar surface area (TPSA) is 80.3 Å². The van der Waals surface area contributed by atoms with Crippen LogP contribution in [-0.2, 0) is 24.3 Å². The molecule has 7 nitrogen and oxygen atoms in total. The van der Waals surface area contributed by atoms with Crippen LogP contribution in [-0.4, -0.2) is 25.2 Å². The summed E-state index contributed by atoms with van der Waals surface area (Å²) in [7, 11) is 0. The van der Waals surface area contributed by atoms with E-state index in [4.69, 9.17) is 24.3 Å². The molecular weight excluding hydrogens is 376 g/mol. The van der Waals surface area contributed by atoms with Crippen molar-refractivity contribution >= 4 is 11.9 Å². The third kappa shape index (κ3) is 6.12. The Balaban J connectivity index is 2.00. The van der Waals surface area contributed by atoms with Crippen LogP contribution >= 0.6 is 0 Å². The third-order valence-electron chi connectivity index (χ3n) is 4.16. The molecule has 0 aliphatic heterocycles. The molecule has 0 fully saturated rings. The molecule has 0 heterocycles. The molecule has 0 unspecified atom stereocenters. The number of carbonyl (C=O) groups excluding carboxylic acids is 2. The quantitative estimate of drug-likeness (QED) is 0.462. The zero-order valence-corrected chi connectivity index (χ0v) is 16.9. The molecule has 0 saturated carbocycles. The van der Waals surface area contributed by atoms with Crippen LogP contribution in [0, 0.1) is 40.9 Å². The van der Waals surface area contributed by atoms with E-state index in [2.05, 4.69) is 6.92 Å². The van der Waals surface area contributed by atoms with Gasteiger partial charge in [-0.15, -0.1) is 9.78 Å². The lowest BCUT2D eigenvalue weighted by Gasteiger charge is -2.15. The van der Waals surface area contributed by atoms with Gasteiger partial charge in [-0.05, 0) is 56.9 Å². The predicted molar refractivity (Wildman–Crippen MR) is 104 cm³/mol. The van der Waals surface area contributed by atoms with Gasteiger partial charge in [0, 0.05) is 6.61 Å². The highest BCUT2D eigenvalue weighted by Gasteiger charge is 2.24. The molecule has 0 N–H and O–H groups in total.